The fourth-order valence-corrected chi connectivity index (χ4v) is 1.01. The van der Waals surface area contributed by atoms with Gasteiger partial charge in [-0.3, -0.25) is 4.79 Å². The van der Waals surface area contributed by atoms with Crippen LogP contribution in [0.2, 0.25) is 0 Å². The van der Waals surface area contributed by atoms with Crippen molar-refractivity contribution >= 4 is 6.29 Å². The zero-order valence-electron chi connectivity index (χ0n) is 4.96. The van der Waals surface area contributed by atoms with E-state index in [1.807, 2.05) is 6.92 Å². The van der Waals surface area contributed by atoms with Crippen LogP contribution in [-0.4, -0.2) is 17.7 Å². The second-order valence-corrected chi connectivity index (χ2v) is 2.42. The zero-order chi connectivity index (χ0) is 6.54. The lowest BCUT2D eigenvalue weighted by Gasteiger charge is -1.97. The van der Waals surface area contributed by atoms with Gasteiger partial charge < -0.3 is 9.47 Å². The number of carbonyl (C=O) groups excluding carboxylic acids is 1. The van der Waals surface area contributed by atoms with Crippen molar-refractivity contribution in [2.24, 2.45) is 0 Å². The molecule has 2 aliphatic heterocycles. The first-order valence-electron chi connectivity index (χ1n) is 2.74. The Labute approximate surface area is 52.3 Å². The molecular weight excluding hydrogens is 120 g/mol. The predicted molar refractivity (Wildman–Crippen MR) is 28.5 cm³/mol. The maximum Gasteiger partial charge on any atom is 0.301 e. The van der Waals surface area contributed by atoms with Gasteiger partial charge in [0, 0.05) is 0 Å². The molecule has 0 saturated carbocycles. The summed E-state index contributed by atoms with van der Waals surface area (Å²) in [5.74, 6) is -0.951. The highest BCUT2D eigenvalue weighted by atomic mass is 16.8. The molecular formula is C6H6O3. The minimum absolute atomic E-state index is 0.464. The highest BCUT2D eigenvalue weighted by Crippen LogP contribution is 2.52. The van der Waals surface area contributed by atoms with Crippen LogP contribution in [-0.2, 0) is 14.3 Å². The van der Waals surface area contributed by atoms with Crippen LogP contribution in [0.5, 0.6) is 0 Å². The van der Waals surface area contributed by atoms with Gasteiger partial charge in [-0.2, -0.15) is 0 Å². The average Bonchev–Trinajstić information content (AvgIpc) is 2.29. The van der Waals surface area contributed by atoms with Gasteiger partial charge in [0.05, 0.1) is 6.26 Å². The maximum atomic E-state index is 10.3. The molecule has 0 aliphatic carbocycles. The van der Waals surface area contributed by atoms with E-state index in [0.717, 1.165) is 0 Å². The summed E-state index contributed by atoms with van der Waals surface area (Å²) in [7, 11) is 0. The summed E-state index contributed by atoms with van der Waals surface area (Å²) in [4.78, 5) is 10.3. The van der Waals surface area contributed by atoms with Crippen molar-refractivity contribution in [3.05, 3.63) is 12.3 Å². The van der Waals surface area contributed by atoms with Gasteiger partial charge in [-0.1, -0.05) is 0 Å². The van der Waals surface area contributed by atoms with Crippen LogP contribution in [0, 0.1) is 0 Å². The van der Waals surface area contributed by atoms with Crippen LogP contribution in [0.25, 0.3) is 0 Å². The van der Waals surface area contributed by atoms with Crippen LogP contribution >= 0.6 is 0 Å². The second-order valence-electron chi connectivity index (χ2n) is 2.42. The first-order valence-corrected chi connectivity index (χ1v) is 2.74. The first kappa shape index (κ1) is 4.99. The Morgan fingerprint density at radius 1 is 1.67 bits per heavy atom. The van der Waals surface area contributed by atoms with Crippen molar-refractivity contribution in [1.29, 1.82) is 0 Å². The van der Waals surface area contributed by atoms with Crippen LogP contribution in [0.3, 0.4) is 0 Å². The Hall–Kier alpha value is -0.830. The van der Waals surface area contributed by atoms with Crippen LogP contribution < -0.4 is 0 Å². The molecule has 0 radical (unpaired) electrons. The monoisotopic (exact) mass is 126 g/mol. The van der Waals surface area contributed by atoms with E-state index in [1.165, 1.54) is 6.26 Å². The SMILES string of the molecule is CC12C=COC1(C=O)O2. The van der Waals surface area contributed by atoms with Gasteiger partial charge in [0.1, 0.15) is 0 Å². The topological polar surface area (TPSA) is 38.8 Å². The van der Waals surface area contributed by atoms with E-state index in [0.29, 0.717) is 6.29 Å². The summed E-state index contributed by atoms with van der Waals surface area (Å²) in [6.07, 6.45) is 3.92. The number of ether oxygens (including phenoxy) is 2. The van der Waals surface area contributed by atoms with Crippen molar-refractivity contribution in [3.8, 4) is 0 Å². The summed E-state index contributed by atoms with van der Waals surface area (Å²) in [5, 5.41) is 0. The molecule has 9 heavy (non-hydrogen) atoms. The Bertz CT molecular complexity index is 198. The minimum atomic E-state index is -0.951. The molecule has 0 aromatic carbocycles. The fourth-order valence-electron chi connectivity index (χ4n) is 1.01. The molecule has 0 aromatic heterocycles. The van der Waals surface area contributed by atoms with E-state index < -0.39 is 11.4 Å². The third kappa shape index (κ3) is 0.357. The van der Waals surface area contributed by atoms with E-state index in [9.17, 15) is 4.79 Å². The van der Waals surface area contributed by atoms with Crippen molar-refractivity contribution < 1.29 is 14.3 Å². The first-order chi connectivity index (χ1) is 4.22. The van der Waals surface area contributed by atoms with Crippen molar-refractivity contribution in [1.82, 2.24) is 0 Å². The molecule has 0 N–H and O–H groups in total. The largest absolute Gasteiger partial charge is 0.460 e. The molecule has 0 aromatic rings. The standard InChI is InChI=1S/C6H6O3/c1-5-2-3-8-6(5,4-7)9-5/h2-4H,1H3. The number of aldehydes is 1. The third-order valence-electron chi connectivity index (χ3n) is 1.80. The van der Waals surface area contributed by atoms with E-state index >= 15 is 0 Å². The molecule has 48 valence electrons. The summed E-state index contributed by atoms with van der Waals surface area (Å²) < 4.78 is 9.90. The third-order valence-corrected chi connectivity index (χ3v) is 1.80. The van der Waals surface area contributed by atoms with Crippen LogP contribution in [0.4, 0.5) is 0 Å². The fraction of sp³-hybridized carbons (Fsp3) is 0.500. The molecule has 2 rings (SSSR count). The highest BCUT2D eigenvalue weighted by Gasteiger charge is 2.71. The second kappa shape index (κ2) is 1.04. The predicted octanol–water partition coefficient (Wildman–Crippen LogP) is 0.214. The van der Waals surface area contributed by atoms with Crippen molar-refractivity contribution in [3.63, 3.8) is 0 Å². The van der Waals surface area contributed by atoms with Gasteiger partial charge in [0.15, 0.2) is 11.9 Å². The summed E-state index contributed by atoms with van der Waals surface area (Å²) >= 11 is 0. The summed E-state index contributed by atoms with van der Waals surface area (Å²) in [6.45, 7) is 1.81. The molecule has 3 nitrogen and oxygen atoms in total. The molecule has 3 heteroatoms. The zero-order valence-corrected chi connectivity index (χ0v) is 4.96. The lowest BCUT2D eigenvalue weighted by Crippen LogP contribution is -2.20. The number of epoxide rings is 1. The van der Waals surface area contributed by atoms with Gasteiger partial charge in [-0.15, -0.1) is 0 Å². The quantitative estimate of drug-likeness (QED) is 0.372. The number of carbonyl (C=O) groups is 1. The van der Waals surface area contributed by atoms with E-state index in [2.05, 4.69) is 0 Å². The molecule has 2 atom stereocenters. The summed E-state index contributed by atoms with van der Waals surface area (Å²) in [5.41, 5.74) is -0.464. The number of hydrogen-bond acceptors (Lipinski definition) is 3. The van der Waals surface area contributed by atoms with Crippen molar-refractivity contribution in [2.45, 2.75) is 18.3 Å². The number of fused-ring (bicyclic) bond motifs is 1. The average molecular weight is 126 g/mol. The van der Waals surface area contributed by atoms with Gasteiger partial charge in [0.25, 0.3) is 0 Å². The smallest absolute Gasteiger partial charge is 0.301 e. The normalized spacial score (nSPS) is 52.1. The van der Waals surface area contributed by atoms with Crippen molar-refractivity contribution in [2.75, 3.05) is 0 Å². The molecule has 1 fully saturated rings. The lowest BCUT2D eigenvalue weighted by molar-refractivity contribution is -0.123. The Kier molecular flexibility index (Phi) is 0.579. The molecule has 0 spiro atoms. The Morgan fingerprint density at radius 3 is 2.67 bits per heavy atom. The van der Waals surface area contributed by atoms with Crippen LogP contribution in [0.15, 0.2) is 12.3 Å². The molecule has 0 bridgehead atoms. The number of rotatable bonds is 1. The van der Waals surface area contributed by atoms with Crippen LogP contribution in [0.1, 0.15) is 6.92 Å². The molecule has 2 unspecified atom stereocenters. The maximum absolute atomic E-state index is 10.3. The lowest BCUT2D eigenvalue weighted by atomic mass is 10.1. The Balaban J connectivity index is 2.35. The number of hydrogen-bond donors (Lipinski definition) is 0. The highest BCUT2D eigenvalue weighted by molar-refractivity contribution is 5.70. The minimum Gasteiger partial charge on any atom is -0.460 e. The van der Waals surface area contributed by atoms with Gasteiger partial charge in [-0.25, -0.2) is 0 Å². The molecule has 1 saturated heterocycles. The van der Waals surface area contributed by atoms with E-state index in [-0.39, 0.29) is 0 Å². The van der Waals surface area contributed by atoms with Gasteiger partial charge in [0.2, 0.25) is 0 Å². The molecule has 0 amide bonds. The molecule has 2 aliphatic rings. The van der Waals surface area contributed by atoms with Gasteiger partial charge >= 0.3 is 5.79 Å². The van der Waals surface area contributed by atoms with E-state index in [1.54, 1.807) is 6.08 Å². The van der Waals surface area contributed by atoms with Gasteiger partial charge in [-0.05, 0) is 13.0 Å². The molecule has 2 heterocycles. The van der Waals surface area contributed by atoms with E-state index in [4.69, 9.17) is 9.47 Å². The Morgan fingerprint density at radius 2 is 2.44 bits per heavy atom. The summed E-state index contributed by atoms with van der Waals surface area (Å²) in [6, 6.07) is 0.